The molecule has 10 heteroatoms. The van der Waals surface area contributed by atoms with Crippen molar-refractivity contribution in [1.82, 2.24) is 5.43 Å². The summed E-state index contributed by atoms with van der Waals surface area (Å²) in [6.07, 6.45) is 1.29. The Morgan fingerprint density at radius 1 is 0.912 bits per heavy atom. The summed E-state index contributed by atoms with van der Waals surface area (Å²) in [7, 11) is 1.53. The Morgan fingerprint density at radius 2 is 1.68 bits per heavy atom. The third kappa shape index (κ3) is 7.16. The SMILES string of the molecule is COc1cccc(NC(=O)COc2cccc(/C=N\NC(=O)C(=O)Nc3ccccc3F)c2)c1. The molecular weight excluding hydrogens is 443 g/mol. The largest absolute Gasteiger partial charge is 0.497 e. The molecule has 0 unspecified atom stereocenters. The lowest BCUT2D eigenvalue weighted by Gasteiger charge is -2.09. The van der Waals surface area contributed by atoms with E-state index in [1.165, 1.54) is 31.5 Å². The van der Waals surface area contributed by atoms with Crippen molar-refractivity contribution < 1.29 is 28.2 Å². The fourth-order valence-corrected chi connectivity index (χ4v) is 2.69. The Hall–Kier alpha value is -4.73. The molecule has 0 heterocycles. The molecule has 0 saturated carbocycles. The molecule has 0 bridgehead atoms. The quantitative estimate of drug-likeness (QED) is 0.269. The first-order valence-electron chi connectivity index (χ1n) is 10.0. The van der Waals surface area contributed by atoms with Crippen LogP contribution in [0.2, 0.25) is 0 Å². The number of benzene rings is 3. The summed E-state index contributed by atoms with van der Waals surface area (Å²) in [4.78, 5) is 35.8. The molecule has 0 saturated heterocycles. The van der Waals surface area contributed by atoms with Gasteiger partial charge >= 0.3 is 11.8 Å². The minimum Gasteiger partial charge on any atom is -0.497 e. The van der Waals surface area contributed by atoms with Crippen LogP contribution in [-0.4, -0.2) is 37.7 Å². The number of hydrazone groups is 1. The van der Waals surface area contributed by atoms with Crippen LogP contribution in [0.25, 0.3) is 0 Å². The van der Waals surface area contributed by atoms with Crippen molar-refractivity contribution in [2.75, 3.05) is 24.4 Å². The normalized spacial score (nSPS) is 10.4. The number of methoxy groups -OCH3 is 1. The molecule has 3 amide bonds. The van der Waals surface area contributed by atoms with Crippen molar-refractivity contribution >= 4 is 35.3 Å². The summed E-state index contributed by atoms with van der Waals surface area (Å²) in [5.41, 5.74) is 3.05. The van der Waals surface area contributed by atoms with Crippen molar-refractivity contribution in [3.8, 4) is 11.5 Å². The van der Waals surface area contributed by atoms with Crippen LogP contribution in [0.3, 0.4) is 0 Å². The van der Waals surface area contributed by atoms with Gasteiger partial charge in [-0.2, -0.15) is 5.10 Å². The number of anilines is 2. The van der Waals surface area contributed by atoms with Gasteiger partial charge in [0.25, 0.3) is 5.91 Å². The topological polar surface area (TPSA) is 118 Å². The first-order valence-corrected chi connectivity index (χ1v) is 10.0. The van der Waals surface area contributed by atoms with Crippen LogP contribution in [-0.2, 0) is 14.4 Å². The smallest absolute Gasteiger partial charge is 0.329 e. The zero-order valence-corrected chi connectivity index (χ0v) is 18.1. The van der Waals surface area contributed by atoms with Gasteiger partial charge in [-0.25, -0.2) is 9.82 Å². The Kier molecular flexibility index (Phi) is 8.28. The minimum absolute atomic E-state index is 0.119. The molecule has 0 spiro atoms. The molecule has 3 N–H and O–H groups in total. The summed E-state index contributed by atoms with van der Waals surface area (Å²) in [6, 6.07) is 19.0. The monoisotopic (exact) mass is 464 g/mol. The van der Waals surface area contributed by atoms with Gasteiger partial charge in [-0.15, -0.1) is 0 Å². The van der Waals surface area contributed by atoms with Crippen molar-refractivity contribution in [1.29, 1.82) is 0 Å². The van der Waals surface area contributed by atoms with Gasteiger partial charge in [-0.05, 0) is 42.0 Å². The van der Waals surface area contributed by atoms with Crippen molar-refractivity contribution in [2.45, 2.75) is 0 Å². The summed E-state index contributed by atoms with van der Waals surface area (Å²) < 4.78 is 24.2. The predicted molar refractivity (Wildman–Crippen MR) is 124 cm³/mol. The molecule has 9 nitrogen and oxygen atoms in total. The maximum absolute atomic E-state index is 13.6. The predicted octanol–water partition coefficient (Wildman–Crippen LogP) is 2.94. The van der Waals surface area contributed by atoms with Gasteiger partial charge < -0.3 is 20.1 Å². The summed E-state index contributed by atoms with van der Waals surface area (Å²) >= 11 is 0. The lowest BCUT2D eigenvalue weighted by Crippen LogP contribution is -2.32. The summed E-state index contributed by atoms with van der Waals surface area (Å²) in [6.45, 7) is -0.231. The van der Waals surface area contributed by atoms with Gasteiger partial charge in [0, 0.05) is 11.8 Å². The molecule has 3 aromatic carbocycles. The van der Waals surface area contributed by atoms with Crippen molar-refractivity contribution in [3.63, 3.8) is 0 Å². The third-order valence-corrected chi connectivity index (χ3v) is 4.29. The van der Waals surface area contributed by atoms with Gasteiger partial charge in [-0.3, -0.25) is 14.4 Å². The van der Waals surface area contributed by atoms with Gasteiger partial charge in [0.2, 0.25) is 0 Å². The number of nitrogens with zero attached hydrogens (tertiary/aromatic N) is 1. The van der Waals surface area contributed by atoms with E-state index in [9.17, 15) is 18.8 Å². The Balaban J connectivity index is 1.48. The minimum atomic E-state index is -1.07. The van der Waals surface area contributed by atoms with Crippen LogP contribution < -0.4 is 25.5 Å². The number of carbonyl (C=O) groups is 3. The second kappa shape index (κ2) is 11.8. The van der Waals surface area contributed by atoms with Gasteiger partial charge in [-0.1, -0.05) is 30.3 Å². The van der Waals surface area contributed by atoms with Crippen molar-refractivity contribution in [3.05, 3.63) is 84.2 Å². The van der Waals surface area contributed by atoms with E-state index in [2.05, 4.69) is 21.2 Å². The summed E-state index contributed by atoms with van der Waals surface area (Å²) in [5.74, 6) is -2.15. The van der Waals surface area contributed by atoms with Gasteiger partial charge in [0.15, 0.2) is 6.61 Å². The average molecular weight is 464 g/mol. The van der Waals surface area contributed by atoms with Crippen LogP contribution in [0, 0.1) is 5.82 Å². The number of para-hydroxylation sites is 1. The number of hydrogen-bond donors (Lipinski definition) is 3. The number of rotatable bonds is 8. The maximum atomic E-state index is 13.6. The first-order chi connectivity index (χ1) is 16.4. The maximum Gasteiger partial charge on any atom is 0.329 e. The highest BCUT2D eigenvalue weighted by Gasteiger charge is 2.14. The standard InChI is InChI=1S/C24H21FN4O5/c1-33-18-8-5-7-17(13-18)27-22(30)15-34-19-9-4-6-16(12-19)14-26-29-24(32)23(31)28-21-11-3-2-10-20(21)25/h2-14H,15H2,1H3,(H,27,30)(H,28,31)(H,29,32)/b26-14-. The van der Waals surface area contributed by atoms with Crippen molar-refractivity contribution in [2.24, 2.45) is 5.10 Å². The molecule has 3 rings (SSSR count). The number of amides is 3. The van der Waals surface area contributed by atoms with E-state index in [1.54, 1.807) is 48.5 Å². The number of ether oxygens (including phenoxy) is 2. The van der Waals surface area contributed by atoms with E-state index in [-0.39, 0.29) is 18.2 Å². The van der Waals surface area contributed by atoms with Crippen LogP contribution in [0.4, 0.5) is 15.8 Å². The number of carbonyl (C=O) groups excluding carboxylic acids is 3. The first kappa shape index (κ1) is 23.9. The Labute approximate surface area is 194 Å². The molecule has 0 radical (unpaired) electrons. The fraction of sp³-hybridized carbons (Fsp3) is 0.0833. The molecule has 0 aromatic heterocycles. The lowest BCUT2D eigenvalue weighted by molar-refractivity contribution is -0.136. The number of nitrogens with one attached hydrogen (secondary N) is 3. The van der Waals surface area contributed by atoms with Gasteiger partial charge in [0.05, 0.1) is 19.0 Å². The average Bonchev–Trinajstić information content (AvgIpc) is 2.84. The molecule has 174 valence electrons. The van der Waals surface area contributed by atoms with Crippen LogP contribution in [0.15, 0.2) is 77.9 Å². The lowest BCUT2D eigenvalue weighted by atomic mass is 10.2. The summed E-state index contributed by atoms with van der Waals surface area (Å²) in [5, 5.41) is 8.56. The molecule has 3 aromatic rings. The van der Waals surface area contributed by atoms with Gasteiger partial charge in [0.1, 0.15) is 17.3 Å². The molecule has 0 aliphatic heterocycles. The van der Waals surface area contributed by atoms with E-state index in [4.69, 9.17) is 9.47 Å². The molecule has 0 aliphatic rings. The third-order valence-electron chi connectivity index (χ3n) is 4.29. The molecule has 0 fully saturated rings. The Morgan fingerprint density at radius 3 is 2.47 bits per heavy atom. The highest BCUT2D eigenvalue weighted by molar-refractivity contribution is 6.39. The van der Waals surface area contributed by atoms with E-state index in [1.807, 2.05) is 0 Å². The van der Waals surface area contributed by atoms with E-state index in [0.717, 1.165) is 6.07 Å². The fourth-order valence-electron chi connectivity index (χ4n) is 2.69. The second-order valence-corrected chi connectivity index (χ2v) is 6.77. The second-order valence-electron chi connectivity index (χ2n) is 6.77. The van der Waals surface area contributed by atoms with E-state index >= 15 is 0 Å². The molecule has 34 heavy (non-hydrogen) atoms. The molecule has 0 aliphatic carbocycles. The molecular formula is C24H21FN4O5. The van der Waals surface area contributed by atoms with E-state index in [0.29, 0.717) is 22.7 Å². The van der Waals surface area contributed by atoms with E-state index < -0.39 is 17.6 Å². The number of halogens is 1. The number of hydrogen-bond acceptors (Lipinski definition) is 6. The zero-order valence-electron chi connectivity index (χ0n) is 18.1. The highest BCUT2D eigenvalue weighted by atomic mass is 19.1. The highest BCUT2D eigenvalue weighted by Crippen LogP contribution is 2.17. The molecule has 0 atom stereocenters. The zero-order chi connectivity index (χ0) is 24.3. The van der Waals surface area contributed by atoms with Crippen LogP contribution in [0.1, 0.15) is 5.56 Å². The van der Waals surface area contributed by atoms with Crippen LogP contribution >= 0.6 is 0 Å². The Bertz CT molecular complexity index is 1220. The van der Waals surface area contributed by atoms with Crippen LogP contribution in [0.5, 0.6) is 11.5 Å².